The summed E-state index contributed by atoms with van der Waals surface area (Å²) >= 11 is 7.21. The summed E-state index contributed by atoms with van der Waals surface area (Å²) in [4.78, 5) is 8.36. The molecule has 0 bridgehead atoms. The molecule has 0 aromatic carbocycles. The largest absolute Gasteiger partial charge is 0.483 e. The molecule has 1 rings (SSSR count). The second-order valence-corrected chi connectivity index (χ2v) is 3.00. The molecular formula is C6H7ClO2S. The lowest BCUT2D eigenvalue weighted by molar-refractivity contribution is -0.122. The third kappa shape index (κ3) is 3.48. The van der Waals surface area contributed by atoms with Crippen molar-refractivity contribution in [3.63, 3.8) is 0 Å². The van der Waals surface area contributed by atoms with Gasteiger partial charge < -0.3 is 5.11 Å². The molecule has 0 atom stereocenters. The van der Waals surface area contributed by atoms with Crippen LogP contribution in [-0.2, 0) is 4.79 Å². The predicted octanol–water partition coefficient (Wildman–Crippen LogP) is 2.41. The zero-order chi connectivity index (χ0) is 7.98. The Hall–Kier alpha value is -0.540. The van der Waals surface area contributed by atoms with E-state index in [4.69, 9.17) is 21.5 Å². The molecule has 56 valence electrons. The van der Waals surface area contributed by atoms with Gasteiger partial charge in [0.25, 0.3) is 6.47 Å². The van der Waals surface area contributed by atoms with Gasteiger partial charge in [-0.1, -0.05) is 11.6 Å². The van der Waals surface area contributed by atoms with Crippen molar-refractivity contribution in [3.8, 4) is 0 Å². The third-order valence-corrected chi connectivity index (χ3v) is 2.17. The van der Waals surface area contributed by atoms with E-state index in [1.54, 1.807) is 11.3 Å². The summed E-state index contributed by atoms with van der Waals surface area (Å²) in [5.41, 5.74) is 1.17. The number of halogens is 1. The molecule has 1 N–H and O–H groups in total. The molecule has 0 fully saturated rings. The van der Waals surface area contributed by atoms with Crippen LogP contribution in [-0.4, -0.2) is 11.6 Å². The fourth-order valence-corrected chi connectivity index (χ4v) is 1.22. The van der Waals surface area contributed by atoms with Crippen molar-refractivity contribution < 1.29 is 9.90 Å². The highest BCUT2D eigenvalue weighted by Gasteiger charge is 1.89. The predicted molar refractivity (Wildman–Crippen MR) is 42.8 cm³/mol. The van der Waals surface area contributed by atoms with Crippen molar-refractivity contribution in [3.05, 3.63) is 21.3 Å². The summed E-state index contributed by atoms with van der Waals surface area (Å²) in [5, 5.41) is 8.87. The highest BCUT2D eigenvalue weighted by atomic mass is 35.5. The lowest BCUT2D eigenvalue weighted by Gasteiger charge is -1.76. The van der Waals surface area contributed by atoms with Gasteiger partial charge in [-0.05, 0) is 23.9 Å². The van der Waals surface area contributed by atoms with Gasteiger partial charge in [0.2, 0.25) is 0 Å². The SMILES string of the molecule is Cc1ccsc1Cl.O=CO. The Morgan fingerprint density at radius 3 is 2.40 bits per heavy atom. The molecule has 0 saturated carbocycles. The lowest BCUT2D eigenvalue weighted by Crippen LogP contribution is -1.54. The van der Waals surface area contributed by atoms with Gasteiger partial charge in [-0.2, -0.15) is 0 Å². The second-order valence-electron chi connectivity index (χ2n) is 1.48. The van der Waals surface area contributed by atoms with Crippen molar-refractivity contribution in [2.24, 2.45) is 0 Å². The van der Waals surface area contributed by atoms with Crippen LogP contribution in [0.25, 0.3) is 0 Å². The minimum Gasteiger partial charge on any atom is -0.483 e. The third-order valence-electron chi connectivity index (χ3n) is 0.800. The first-order chi connectivity index (χ1) is 4.72. The molecule has 2 nitrogen and oxygen atoms in total. The Labute approximate surface area is 68.1 Å². The standard InChI is InChI=1S/C5H5ClS.CH2O2/c1-4-2-3-7-5(4)6;2-1-3/h2-3H,1H3;1H,(H,2,3). The maximum absolute atomic E-state index is 8.36. The van der Waals surface area contributed by atoms with Gasteiger partial charge in [-0.3, -0.25) is 4.79 Å². The monoisotopic (exact) mass is 178 g/mol. The van der Waals surface area contributed by atoms with Crippen LogP contribution in [0.4, 0.5) is 0 Å². The molecule has 1 heterocycles. The smallest absolute Gasteiger partial charge is 0.290 e. The van der Waals surface area contributed by atoms with Gasteiger partial charge in [0, 0.05) is 0 Å². The molecule has 4 heteroatoms. The summed E-state index contributed by atoms with van der Waals surface area (Å²) in [6.45, 7) is 1.75. The molecule has 0 unspecified atom stereocenters. The Morgan fingerprint density at radius 1 is 1.80 bits per heavy atom. The number of hydrogen-bond donors (Lipinski definition) is 1. The van der Waals surface area contributed by atoms with Crippen molar-refractivity contribution in [2.75, 3.05) is 0 Å². The van der Waals surface area contributed by atoms with Crippen LogP contribution < -0.4 is 0 Å². The first-order valence-corrected chi connectivity index (χ1v) is 3.75. The van der Waals surface area contributed by atoms with Gasteiger partial charge in [0.05, 0.1) is 4.34 Å². The fourth-order valence-electron chi connectivity index (χ4n) is 0.354. The number of rotatable bonds is 0. The summed E-state index contributed by atoms with van der Waals surface area (Å²) in [5.74, 6) is 0. The van der Waals surface area contributed by atoms with Crippen LogP contribution in [0.3, 0.4) is 0 Å². The van der Waals surface area contributed by atoms with E-state index in [2.05, 4.69) is 0 Å². The van der Waals surface area contributed by atoms with E-state index < -0.39 is 0 Å². The van der Waals surface area contributed by atoms with E-state index in [0.29, 0.717) is 0 Å². The van der Waals surface area contributed by atoms with E-state index in [9.17, 15) is 0 Å². The van der Waals surface area contributed by atoms with Gasteiger partial charge in [-0.15, -0.1) is 11.3 Å². The molecule has 0 aliphatic heterocycles. The fraction of sp³-hybridized carbons (Fsp3) is 0.167. The summed E-state index contributed by atoms with van der Waals surface area (Å²) in [7, 11) is 0. The highest BCUT2D eigenvalue weighted by molar-refractivity contribution is 7.14. The zero-order valence-electron chi connectivity index (χ0n) is 5.37. The van der Waals surface area contributed by atoms with Crippen molar-refractivity contribution >= 4 is 29.4 Å². The maximum atomic E-state index is 8.36. The molecule has 1 aromatic heterocycles. The van der Waals surface area contributed by atoms with Gasteiger partial charge in [-0.25, -0.2) is 0 Å². The molecular weight excluding hydrogens is 172 g/mol. The number of carbonyl (C=O) groups is 1. The van der Waals surface area contributed by atoms with E-state index in [1.807, 2.05) is 18.4 Å². The van der Waals surface area contributed by atoms with E-state index in [-0.39, 0.29) is 6.47 Å². The Morgan fingerprint density at radius 2 is 2.30 bits per heavy atom. The Kier molecular flexibility index (Phi) is 4.98. The number of hydrogen-bond acceptors (Lipinski definition) is 2. The Balaban J connectivity index is 0.000000236. The average Bonchev–Trinajstić information content (AvgIpc) is 2.19. The summed E-state index contributed by atoms with van der Waals surface area (Å²) < 4.78 is 0.903. The molecule has 0 radical (unpaired) electrons. The minimum absolute atomic E-state index is 0.250. The van der Waals surface area contributed by atoms with Crippen molar-refractivity contribution in [1.29, 1.82) is 0 Å². The first-order valence-electron chi connectivity index (χ1n) is 2.49. The first kappa shape index (κ1) is 9.46. The van der Waals surface area contributed by atoms with Crippen molar-refractivity contribution in [1.82, 2.24) is 0 Å². The topological polar surface area (TPSA) is 37.3 Å². The summed E-state index contributed by atoms with van der Waals surface area (Å²) in [6.07, 6.45) is 0. The normalized spacial score (nSPS) is 7.80. The molecule has 0 aliphatic rings. The second kappa shape index (κ2) is 5.26. The molecule has 0 saturated heterocycles. The average molecular weight is 179 g/mol. The van der Waals surface area contributed by atoms with Crippen LogP contribution in [0.2, 0.25) is 4.34 Å². The molecule has 0 amide bonds. The van der Waals surface area contributed by atoms with E-state index in [0.717, 1.165) is 4.34 Å². The molecule has 10 heavy (non-hydrogen) atoms. The van der Waals surface area contributed by atoms with Gasteiger partial charge in [0.15, 0.2) is 0 Å². The number of thiophene rings is 1. The van der Waals surface area contributed by atoms with Crippen LogP contribution >= 0.6 is 22.9 Å². The lowest BCUT2D eigenvalue weighted by atomic mass is 10.4. The Bertz CT molecular complexity index is 181. The van der Waals surface area contributed by atoms with E-state index >= 15 is 0 Å². The van der Waals surface area contributed by atoms with Crippen LogP contribution in [0, 0.1) is 6.92 Å². The van der Waals surface area contributed by atoms with Gasteiger partial charge >= 0.3 is 0 Å². The van der Waals surface area contributed by atoms with Crippen molar-refractivity contribution in [2.45, 2.75) is 6.92 Å². The molecule has 0 spiro atoms. The summed E-state index contributed by atoms with van der Waals surface area (Å²) in [6, 6.07) is 2.01. The maximum Gasteiger partial charge on any atom is 0.290 e. The molecule has 1 aromatic rings. The number of aryl methyl sites for hydroxylation is 1. The quantitative estimate of drug-likeness (QED) is 0.620. The van der Waals surface area contributed by atoms with Gasteiger partial charge in [0.1, 0.15) is 0 Å². The van der Waals surface area contributed by atoms with E-state index in [1.165, 1.54) is 5.56 Å². The van der Waals surface area contributed by atoms with Crippen LogP contribution in [0.5, 0.6) is 0 Å². The number of carboxylic acid groups (broad SMARTS) is 1. The van der Waals surface area contributed by atoms with Crippen LogP contribution in [0.1, 0.15) is 5.56 Å². The molecule has 0 aliphatic carbocycles. The zero-order valence-corrected chi connectivity index (χ0v) is 6.95. The minimum atomic E-state index is -0.250. The van der Waals surface area contributed by atoms with Crippen LogP contribution in [0.15, 0.2) is 11.4 Å². The highest BCUT2D eigenvalue weighted by Crippen LogP contribution is 2.20.